The molecule has 0 rings (SSSR count). The second kappa shape index (κ2) is 12.7. The third-order valence-corrected chi connectivity index (χ3v) is 3.96. The van der Waals surface area contributed by atoms with E-state index in [9.17, 15) is 28.8 Å². The lowest BCUT2D eigenvalue weighted by atomic mass is 9.94. The summed E-state index contributed by atoms with van der Waals surface area (Å²) in [5.41, 5.74) is 0. The van der Waals surface area contributed by atoms with Gasteiger partial charge >= 0.3 is 17.9 Å². The number of nitrogens with one attached hydrogen (secondary N) is 2. The van der Waals surface area contributed by atoms with E-state index in [1.165, 1.54) is 6.92 Å². The second-order valence-electron chi connectivity index (χ2n) is 6.08. The molecule has 0 bridgehead atoms. The van der Waals surface area contributed by atoms with Gasteiger partial charge in [0.25, 0.3) is 0 Å². The summed E-state index contributed by atoms with van der Waals surface area (Å²) in [6.07, 6.45) is -1.76. The minimum Gasteiger partial charge on any atom is -0.481 e. The van der Waals surface area contributed by atoms with Gasteiger partial charge in [0.05, 0.1) is 24.8 Å². The van der Waals surface area contributed by atoms with Crippen molar-refractivity contribution in [2.24, 2.45) is 5.92 Å². The van der Waals surface area contributed by atoms with Crippen LogP contribution in [0.3, 0.4) is 0 Å². The molecule has 0 saturated heterocycles. The summed E-state index contributed by atoms with van der Waals surface area (Å²) in [5.74, 6) is -7.76. The lowest BCUT2D eigenvalue weighted by Crippen LogP contribution is -2.52. The lowest BCUT2D eigenvalue weighted by Gasteiger charge is -2.22. The summed E-state index contributed by atoms with van der Waals surface area (Å²) in [4.78, 5) is 68.8. The fraction of sp³-hybridized carbons (Fsp3) is 0.625. The second-order valence-corrected chi connectivity index (χ2v) is 6.53. The van der Waals surface area contributed by atoms with Crippen molar-refractivity contribution in [3.05, 3.63) is 0 Å². The third kappa shape index (κ3) is 10.5. The molecule has 5 N–H and O–H groups in total. The van der Waals surface area contributed by atoms with Crippen LogP contribution in [0, 0.1) is 5.92 Å². The highest BCUT2D eigenvalue weighted by Crippen LogP contribution is 2.13. The summed E-state index contributed by atoms with van der Waals surface area (Å²) in [6.45, 7) is 1.18. The molecule has 0 saturated carbocycles. The first-order valence-electron chi connectivity index (χ1n) is 8.35. The van der Waals surface area contributed by atoms with Gasteiger partial charge < -0.3 is 26.0 Å². The fourth-order valence-electron chi connectivity index (χ4n) is 2.34. The maximum absolute atomic E-state index is 12.4. The smallest absolute Gasteiger partial charge is 0.307 e. The predicted molar refractivity (Wildman–Crippen MR) is 97.9 cm³/mol. The Morgan fingerprint density at radius 3 is 1.86 bits per heavy atom. The molecule has 0 fully saturated rings. The number of ketones is 1. The average Bonchev–Trinajstić information content (AvgIpc) is 2.55. The van der Waals surface area contributed by atoms with Crippen molar-refractivity contribution in [3.63, 3.8) is 0 Å². The van der Waals surface area contributed by atoms with Gasteiger partial charge in [0.2, 0.25) is 11.8 Å². The number of carbonyl (C=O) groups excluding carboxylic acids is 3. The largest absolute Gasteiger partial charge is 0.481 e. The summed E-state index contributed by atoms with van der Waals surface area (Å²) in [7, 11) is 0. The number of Topliss-reactive ketones (excluding diaryl/α,β-unsaturated/α-hetero) is 1. The topological polar surface area (TPSA) is 187 Å². The van der Waals surface area contributed by atoms with E-state index < -0.39 is 72.8 Å². The van der Waals surface area contributed by atoms with Crippen LogP contribution in [-0.2, 0) is 28.8 Å². The quantitative estimate of drug-likeness (QED) is 0.197. The number of amides is 2. The van der Waals surface area contributed by atoms with E-state index >= 15 is 0 Å². The molecule has 0 aromatic rings. The minimum absolute atomic E-state index is 0.194. The maximum Gasteiger partial charge on any atom is 0.307 e. The van der Waals surface area contributed by atoms with Crippen LogP contribution in [0.1, 0.15) is 39.0 Å². The number of rotatable bonds is 14. The van der Waals surface area contributed by atoms with Crippen LogP contribution >= 0.6 is 12.6 Å². The van der Waals surface area contributed by atoms with Crippen molar-refractivity contribution in [1.82, 2.24) is 10.6 Å². The van der Waals surface area contributed by atoms with Crippen LogP contribution in [0.2, 0.25) is 0 Å². The van der Waals surface area contributed by atoms with Gasteiger partial charge in [-0.2, -0.15) is 12.6 Å². The van der Waals surface area contributed by atoms with Crippen LogP contribution in [0.5, 0.6) is 0 Å². The molecule has 0 heterocycles. The number of carboxylic acid groups (broad SMARTS) is 3. The van der Waals surface area contributed by atoms with Gasteiger partial charge in [-0.15, -0.1) is 0 Å². The van der Waals surface area contributed by atoms with Gasteiger partial charge in [-0.3, -0.25) is 28.8 Å². The first kappa shape index (κ1) is 25.4. The molecule has 0 aliphatic heterocycles. The van der Waals surface area contributed by atoms with Crippen LogP contribution < -0.4 is 10.6 Å². The monoisotopic (exact) mass is 420 g/mol. The van der Waals surface area contributed by atoms with Gasteiger partial charge in [-0.25, -0.2) is 0 Å². The Kier molecular flexibility index (Phi) is 11.5. The van der Waals surface area contributed by atoms with E-state index in [1.54, 1.807) is 0 Å². The van der Waals surface area contributed by atoms with Crippen LogP contribution in [0.25, 0.3) is 0 Å². The third-order valence-electron chi connectivity index (χ3n) is 3.65. The van der Waals surface area contributed by atoms with E-state index in [4.69, 9.17) is 15.3 Å². The van der Waals surface area contributed by atoms with Gasteiger partial charge in [0, 0.05) is 13.3 Å². The van der Waals surface area contributed by atoms with Gasteiger partial charge in [-0.1, -0.05) is 0 Å². The SMILES string of the molecule is CC(=O)NC(CCCS)C(=O)NC(CC(=O)O)C(=O)CC(CC(=O)O)C(=O)O. The number of hydrogen-bond donors (Lipinski definition) is 6. The molecule has 158 valence electrons. The molecule has 3 unspecified atom stereocenters. The molecule has 12 heteroatoms. The average molecular weight is 420 g/mol. The standard InChI is InChI=1S/C16H24N2O9S/c1-8(19)17-10(3-2-4-28)15(25)18-11(7-14(23)24)12(20)5-9(16(26)27)6-13(21)22/h9-11,28H,2-7H2,1H3,(H,17,19)(H,18,25)(H,21,22)(H,23,24)(H,26,27). The Morgan fingerprint density at radius 2 is 1.43 bits per heavy atom. The first-order valence-corrected chi connectivity index (χ1v) is 8.98. The number of thiol groups is 1. The fourth-order valence-corrected chi connectivity index (χ4v) is 2.53. The zero-order chi connectivity index (χ0) is 21.9. The van der Waals surface area contributed by atoms with Crippen LogP contribution in [0.4, 0.5) is 0 Å². The lowest BCUT2D eigenvalue weighted by molar-refractivity contribution is -0.150. The highest BCUT2D eigenvalue weighted by molar-refractivity contribution is 7.80. The van der Waals surface area contributed by atoms with Crippen molar-refractivity contribution in [2.45, 2.75) is 51.1 Å². The molecule has 0 aliphatic rings. The first-order chi connectivity index (χ1) is 13.0. The Hall–Kier alpha value is -2.63. The summed E-state index contributed by atoms with van der Waals surface area (Å²) in [5, 5.41) is 31.3. The highest BCUT2D eigenvalue weighted by atomic mass is 32.1. The van der Waals surface area contributed by atoms with Crippen molar-refractivity contribution in [1.29, 1.82) is 0 Å². The minimum atomic E-state index is -1.56. The maximum atomic E-state index is 12.4. The molecule has 0 spiro atoms. The summed E-state index contributed by atoms with van der Waals surface area (Å²) >= 11 is 4.01. The zero-order valence-electron chi connectivity index (χ0n) is 15.2. The molecule has 3 atom stereocenters. The number of hydrogen-bond acceptors (Lipinski definition) is 7. The molecule has 0 aromatic heterocycles. The molecule has 2 amide bonds. The number of carboxylic acids is 3. The molecule has 0 aromatic carbocycles. The van der Waals surface area contributed by atoms with Crippen LogP contribution in [-0.4, -0.2) is 68.7 Å². The molecular formula is C16H24N2O9S. The van der Waals surface area contributed by atoms with Gasteiger partial charge in [0.15, 0.2) is 5.78 Å². The Labute approximate surface area is 166 Å². The van der Waals surface area contributed by atoms with E-state index in [0.29, 0.717) is 12.2 Å². The van der Waals surface area contributed by atoms with E-state index in [2.05, 4.69) is 23.3 Å². The predicted octanol–water partition coefficient (Wildman–Crippen LogP) is -0.705. The van der Waals surface area contributed by atoms with Crippen molar-refractivity contribution in [2.75, 3.05) is 5.75 Å². The Bertz CT molecular complexity index is 623. The molecule has 0 radical (unpaired) electrons. The van der Waals surface area contributed by atoms with Crippen molar-refractivity contribution in [3.8, 4) is 0 Å². The Balaban J connectivity index is 5.30. The van der Waals surface area contributed by atoms with Crippen LogP contribution in [0.15, 0.2) is 0 Å². The van der Waals surface area contributed by atoms with E-state index in [-0.39, 0.29) is 6.42 Å². The normalized spacial score (nSPS) is 13.6. The van der Waals surface area contributed by atoms with Crippen molar-refractivity contribution < 1.29 is 44.1 Å². The van der Waals surface area contributed by atoms with Gasteiger partial charge in [-0.05, 0) is 18.6 Å². The van der Waals surface area contributed by atoms with E-state index in [0.717, 1.165) is 0 Å². The Morgan fingerprint density at radius 1 is 0.857 bits per heavy atom. The van der Waals surface area contributed by atoms with Crippen molar-refractivity contribution >= 4 is 48.1 Å². The zero-order valence-corrected chi connectivity index (χ0v) is 16.1. The summed E-state index contributed by atoms with van der Waals surface area (Å²) in [6, 6.07) is -2.59. The summed E-state index contributed by atoms with van der Waals surface area (Å²) < 4.78 is 0. The highest BCUT2D eigenvalue weighted by Gasteiger charge is 2.31. The van der Waals surface area contributed by atoms with Gasteiger partial charge in [0.1, 0.15) is 6.04 Å². The number of carbonyl (C=O) groups is 6. The molecule has 11 nitrogen and oxygen atoms in total. The number of aliphatic carboxylic acids is 3. The molecule has 0 aliphatic carbocycles. The molecule has 28 heavy (non-hydrogen) atoms. The van der Waals surface area contributed by atoms with E-state index in [1.807, 2.05) is 0 Å². The molecular weight excluding hydrogens is 396 g/mol.